The largest absolute Gasteiger partial charge is 0.310 e. The first-order valence-corrected chi connectivity index (χ1v) is 59.8. The summed E-state index contributed by atoms with van der Waals surface area (Å²) in [5.41, 5.74) is 28.7. The van der Waals surface area contributed by atoms with E-state index in [0.29, 0.717) is 11.8 Å². The number of hydrogen-bond donors (Lipinski definition) is 0. The van der Waals surface area contributed by atoms with Crippen molar-refractivity contribution in [3.8, 4) is 22.3 Å². The normalized spacial score (nSPS) is 12.3. The number of thiophene rings is 2. The lowest BCUT2D eigenvalue weighted by atomic mass is 9.97. The first-order chi connectivity index (χ1) is 71.2. The highest BCUT2D eigenvalue weighted by Gasteiger charge is 2.29. The van der Waals surface area contributed by atoms with Gasteiger partial charge in [0.1, 0.15) is 0 Å². The second-order valence-electron chi connectivity index (χ2n) is 42.5. The molecule has 0 aliphatic carbocycles. The fourth-order valence-corrected chi connectivity index (χ4v) is 27.6. The molecule has 22 aromatic carbocycles. The molecule has 0 saturated heterocycles. The quantitative estimate of drug-likeness (QED) is 0.0798. The molecule has 0 aliphatic rings. The molecule has 146 heavy (non-hydrogen) atoms. The van der Waals surface area contributed by atoms with Gasteiger partial charge in [-0.15, -0.1) is 22.7 Å². The summed E-state index contributed by atoms with van der Waals surface area (Å²) in [6.45, 7) is 23.6. The molecule has 6 aromatic heterocycles. The van der Waals surface area contributed by atoms with Crippen molar-refractivity contribution in [1.82, 2.24) is 8.80 Å². The van der Waals surface area contributed by atoms with E-state index in [-0.39, 0.29) is 0 Å². The third kappa shape index (κ3) is 15.1. The van der Waals surface area contributed by atoms with Crippen molar-refractivity contribution in [2.75, 3.05) is 19.6 Å². The summed E-state index contributed by atoms with van der Waals surface area (Å²) in [6, 6.07) is 169. The van der Waals surface area contributed by atoms with Crippen molar-refractivity contribution in [2.45, 2.75) is 78.8 Å². The zero-order chi connectivity index (χ0) is 98.2. The van der Waals surface area contributed by atoms with Crippen molar-refractivity contribution in [2.24, 2.45) is 0 Å². The number of fused-ring (bicyclic) bond motifs is 22. The van der Waals surface area contributed by atoms with Crippen LogP contribution in [-0.4, -0.2) is 24.9 Å². The Morgan fingerprint density at radius 3 is 0.733 bits per heavy atom. The third-order valence-electron chi connectivity index (χ3n) is 30.7. The summed E-state index contributed by atoms with van der Waals surface area (Å²) in [4.78, 5) is 9.68. The van der Waals surface area contributed by atoms with Crippen molar-refractivity contribution >= 4 is 277 Å². The van der Waals surface area contributed by atoms with Gasteiger partial charge >= 0.3 is 0 Å². The molecule has 28 rings (SSSR count). The molecule has 0 aliphatic heterocycles. The minimum absolute atomic E-state index is 0.463. The van der Waals surface area contributed by atoms with Gasteiger partial charge in [-0.3, -0.25) is 0 Å². The minimum atomic E-state index is -1.49. The number of hydrogen-bond acceptors (Lipinski definition) is 6. The van der Waals surface area contributed by atoms with Gasteiger partial charge in [-0.05, 0) is 331 Å². The van der Waals surface area contributed by atoms with Gasteiger partial charge in [-0.1, -0.05) is 284 Å². The zero-order valence-electron chi connectivity index (χ0n) is 83.4. The van der Waals surface area contributed by atoms with Gasteiger partial charge in [0.25, 0.3) is 0 Å². The fraction of sp³-hybridized carbons (Fsp3) is 0.0882. The number of para-hydroxylation sites is 2. The van der Waals surface area contributed by atoms with Gasteiger partial charge in [0.15, 0.2) is 0 Å². The molecule has 700 valence electrons. The Kier molecular flexibility index (Phi) is 21.0. The molecule has 6 heterocycles. The first-order valence-electron chi connectivity index (χ1n) is 51.2. The van der Waals surface area contributed by atoms with Crippen LogP contribution in [0.25, 0.3) is 182 Å². The lowest BCUT2D eigenvalue weighted by Gasteiger charge is -2.27. The van der Waals surface area contributed by atoms with Gasteiger partial charge in [0, 0.05) is 152 Å². The molecule has 0 atom stereocenters. The fourth-order valence-electron chi connectivity index (χ4n) is 23.0. The van der Waals surface area contributed by atoms with E-state index >= 15 is 0 Å². The second-order valence-corrected chi connectivity index (χ2v) is 54.8. The maximum Gasteiger partial charge on any atom is 0.0775 e. The molecule has 0 fully saturated rings. The van der Waals surface area contributed by atoms with Gasteiger partial charge in [0.05, 0.1) is 49.2 Å². The lowest BCUT2D eigenvalue weighted by molar-refractivity contribution is 0.866. The van der Waals surface area contributed by atoms with Crippen LogP contribution in [0.2, 0.25) is 39.3 Å². The molecule has 0 bridgehead atoms. The molecule has 0 spiro atoms. The summed E-state index contributed by atoms with van der Waals surface area (Å²) in [5, 5.41) is 28.0. The minimum Gasteiger partial charge on any atom is -0.310 e. The molecule has 6 nitrogen and oxygen atoms in total. The van der Waals surface area contributed by atoms with Crippen molar-refractivity contribution in [3.63, 3.8) is 0 Å². The third-order valence-corrected chi connectivity index (χ3v) is 37.1. The van der Waals surface area contributed by atoms with Crippen molar-refractivity contribution in [3.05, 3.63) is 460 Å². The molecule has 0 saturated carbocycles. The van der Waals surface area contributed by atoms with Gasteiger partial charge in [-0.25, -0.2) is 0 Å². The van der Waals surface area contributed by atoms with E-state index in [4.69, 9.17) is 0 Å². The van der Waals surface area contributed by atoms with Gasteiger partial charge in [-0.2, -0.15) is 0 Å². The van der Waals surface area contributed by atoms with Crippen LogP contribution in [0.4, 0.5) is 68.2 Å². The highest BCUT2D eigenvalue weighted by atomic mass is 32.1. The summed E-state index contributed by atoms with van der Waals surface area (Å²) in [5.74, 6) is 0.926. The monoisotopic (exact) mass is 1940 g/mol. The standard InChI is InChI=1S/C68H41N3S2.C68H65N3Si2/c1-4-14-42(15-5-1)47-36-60-56-34-43-24-26-50(69(48-16-6-2-7-17-48)52-28-30-66-58(40-52)54-20-10-12-22-64(54)72-66)32-45(43)38-62(56)71-63-39-46-33-51(27-25-44(46)35-57(63)61(37-47)68(60)71)70(49-18-8-3-9-19-49)53-29-31-67-59(41-53)55-21-11-13-23-65(55)73-67;1-44(2)46-16-22-54(23-17-46)69(56-28-32-60(33-29-56)72(5,6)7)58-26-20-49-38-62-64-40-53(48-14-12-11-13-15-48)41-65-63-39-50-21-27-59(37-52(50)43-67(63)71(68(64)65)66(62)42-51(49)36-58)70(55-24-18-47(19-25-55)45(3)4)57-30-34-61(35-31-57)73(8,9)10/h1-41H;11-45H,1-10H3. The smallest absolute Gasteiger partial charge is 0.0775 e. The van der Waals surface area contributed by atoms with Gasteiger partial charge in [0.2, 0.25) is 0 Å². The van der Waals surface area contributed by atoms with E-state index in [9.17, 15) is 0 Å². The Bertz CT molecular complexity index is 9490. The van der Waals surface area contributed by atoms with Crippen LogP contribution in [0.5, 0.6) is 0 Å². The average Bonchev–Trinajstić information content (AvgIpc) is 1.53. The van der Waals surface area contributed by atoms with Crippen molar-refractivity contribution in [1.29, 1.82) is 0 Å². The number of rotatable bonds is 18. The van der Waals surface area contributed by atoms with Crippen LogP contribution in [0.15, 0.2) is 449 Å². The Balaban J connectivity index is 0.000000145. The highest BCUT2D eigenvalue weighted by Crippen LogP contribution is 2.52. The summed E-state index contributed by atoms with van der Waals surface area (Å²) >= 11 is 3.72. The number of nitrogens with zero attached hydrogens (tertiary/aromatic N) is 6. The molecule has 0 unspecified atom stereocenters. The number of anilines is 12. The van der Waals surface area contributed by atoms with Crippen LogP contribution in [0.3, 0.4) is 0 Å². The van der Waals surface area contributed by atoms with Crippen LogP contribution >= 0.6 is 22.7 Å². The van der Waals surface area contributed by atoms with Crippen LogP contribution < -0.4 is 30.0 Å². The molecular weight excluding hydrogens is 1840 g/mol. The Morgan fingerprint density at radius 1 is 0.185 bits per heavy atom. The topological polar surface area (TPSA) is 21.8 Å². The van der Waals surface area contributed by atoms with E-state index in [0.717, 1.165) is 56.9 Å². The highest BCUT2D eigenvalue weighted by molar-refractivity contribution is 7.26. The summed E-state index contributed by atoms with van der Waals surface area (Å²) in [7, 11) is -2.97. The predicted octanol–water partition coefficient (Wildman–Crippen LogP) is 39.6. The molecule has 0 N–H and O–H groups in total. The molecule has 10 heteroatoms. The van der Waals surface area contributed by atoms with Gasteiger partial charge < -0.3 is 28.4 Å². The van der Waals surface area contributed by atoms with E-state index in [2.05, 4.69) is 544 Å². The molecule has 28 aromatic rings. The number of aromatic nitrogens is 2. The average molecular weight is 1940 g/mol. The Labute approximate surface area is 859 Å². The summed E-state index contributed by atoms with van der Waals surface area (Å²) < 4.78 is 10.3. The first kappa shape index (κ1) is 88.5. The van der Waals surface area contributed by atoms with Crippen LogP contribution in [0.1, 0.15) is 50.7 Å². The van der Waals surface area contributed by atoms with E-state index in [1.54, 1.807) is 0 Å². The number of benzene rings is 22. The predicted molar refractivity (Wildman–Crippen MR) is 642 cm³/mol. The van der Waals surface area contributed by atoms with Crippen LogP contribution in [-0.2, 0) is 0 Å². The molecule has 0 amide bonds. The van der Waals surface area contributed by atoms with E-state index in [1.165, 1.54) is 215 Å². The lowest BCUT2D eigenvalue weighted by Crippen LogP contribution is -2.37. The zero-order valence-corrected chi connectivity index (χ0v) is 87.0. The van der Waals surface area contributed by atoms with E-state index in [1.807, 2.05) is 22.7 Å². The maximum atomic E-state index is 2.57. The van der Waals surface area contributed by atoms with Crippen molar-refractivity contribution < 1.29 is 0 Å². The molecular formula is C136H106N6S2Si2. The molecule has 0 radical (unpaired) electrons. The maximum absolute atomic E-state index is 2.57. The van der Waals surface area contributed by atoms with E-state index < -0.39 is 16.1 Å². The van der Waals surface area contributed by atoms with Crippen LogP contribution in [0, 0.1) is 0 Å². The second kappa shape index (κ2) is 34.7. The SMILES string of the molecule is CC(C)c1ccc(N(c2ccc([Si](C)(C)C)cc2)c2ccc3cc4c5cc(-c6ccccc6)cc6c7cc8ccc(N(c9ccc(C(C)C)cc9)c9ccc([Si](C)(C)C)cc9)cc8cc7n(c4cc3c2)c56)cc1.c1ccc(-c2cc3c4cc5ccc(N(c6ccccc6)c6ccc7sc8ccccc8c7c6)cc5cc4n4c5cc6cc(N(c7ccccc7)c7ccc8sc9ccccc9c8c7)ccc6cc5c(c2)c34)cc1. The summed E-state index contributed by atoms with van der Waals surface area (Å²) in [6.07, 6.45) is 0. The Morgan fingerprint density at radius 2 is 0.432 bits per heavy atom. The Hall–Kier alpha value is -16.4.